The molecule has 0 aliphatic carbocycles. The standard InChI is InChI=1S/C60H40N6/c1-5-18-41(19-6-1)45-26-15-28-48(36-45)59-64-57(44-24-11-4-12-25-44)65-60(66-59)53-32-14-13-31-51(53)52-34-33-46(50-30-17-35-61-40-50)38-54(52)47-27-16-29-49(37-47)58-62-55(42-20-7-2-8-21-42)39-56(63-58)43-22-9-3-10-23-43/h1-40H. The van der Waals surface area contributed by atoms with E-state index in [-0.39, 0.29) is 0 Å². The molecule has 6 heteroatoms. The molecule has 0 N–H and O–H groups in total. The van der Waals surface area contributed by atoms with Crippen LogP contribution in [0.4, 0.5) is 0 Å². The van der Waals surface area contributed by atoms with E-state index >= 15 is 0 Å². The maximum absolute atomic E-state index is 5.26. The van der Waals surface area contributed by atoms with Gasteiger partial charge >= 0.3 is 0 Å². The summed E-state index contributed by atoms with van der Waals surface area (Å²) in [5.41, 5.74) is 15.7. The normalized spacial score (nSPS) is 11.0. The van der Waals surface area contributed by atoms with E-state index in [4.69, 9.17) is 24.9 Å². The Balaban J connectivity index is 1.08. The number of hydrogen-bond donors (Lipinski definition) is 0. The zero-order valence-electron chi connectivity index (χ0n) is 35.8. The molecule has 0 saturated carbocycles. The summed E-state index contributed by atoms with van der Waals surface area (Å²) in [6.07, 6.45) is 3.71. The lowest BCUT2D eigenvalue weighted by Crippen LogP contribution is -2.01. The van der Waals surface area contributed by atoms with Gasteiger partial charge < -0.3 is 0 Å². The fourth-order valence-corrected chi connectivity index (χ4v) is 8.37. The Bertz CT molecular complexity index is 3400. The smallest absolute Gasteiger partial charge is 0.164 e. The Hall–Kier alpha value is -9.00. The number of benzene rings is 8. The Morgan fingerprint density at radius 1 is 0.212 bits per heavy atom. The van der Waals surface area contributed by atoms with Crippen LogP contribution in [-0.2, 0) is 0 Å². The molecule has 6 nitrogen and oxygen atoms in total. The van der Waals surface area contributed by atoms with E-state index in [0.29, 0.717) is 23.3 Å². The van der Waals surface area contributed by atoms with Crippen LogP contribution >= 0.6 is 0 Å². The first-order valence-electron chi connectivity index (χ1n) is 21.9. The Labute approximate surface area is 383 Å². The molecular formula is C60H40N6. The Morgan fingerprint density at radius 3 is 1.27 bits per heavy atom. The molecule has 0 saturated heterocycles. The first-order valence-corrected chi connectivity index (χ1v) is 21.9. The van der Waals surface area contributed by atoms with Gasteiger partial charge in [-0.1, -0.05) is 200 Å². The average Bonchev–Trinajstić information content (AvgIpc) is 3.42. The third-order valence-electron chi connectivity index (χ3n) is 11.7. The van der Waals surface area contributed by atoms with E-state index in [0.717, 1.165) is 89.3 Å². The van der Waals surface area contributed by atoms with Crippen molar-refractivity contribution in [3.05, 3.63) is 243 Å². The molecule has 11 rings (SSSR count). The average molecular weight is 845 g/mol. The van der Waals surface area contributed by atoms with Crippen molar-refractivity contribution in [2.75, 3.05) is 0 Å². The number of aromatic nitrogens is 6. The van der Waals surface area contributed by atoms with E-state index in [1.807, 2.05) is 91.1 Å². The topological polar surface area (TPSA) is 77.3 Å². The van der Waals surface area contributed by atoms with Crippen molar-refractivity contribution in [1.29, 1.82) is 0 Å². The van der Waals surface area contributed by atoms with Gasteiger partial charge in [-0.25, -0.2) is 24.9 Å². The van der Waals surface area contributed by atoms with Crippen LogP contribution in [0, 0.1) is 0 Å². The maximum Gasteiger partial charge on any atom is 0.164 e. The van der Waals surface area contributed by atoms with Gasteiger partial charge in [-0.05, 0) is 69.3 Å². The van der Waals surface area contributed by atoms with Crippen LogP contribution in [0.3, 0.4) is 0 Å². The molecule has 66 heavy (non-hydrogen) atoms. The first-order chi connectivity index (χ1) is 32.7. The van der Waals surface area contributed by atoms with Crippen LogP contribution < -0.4 is 0 Å². The fraction of sp³-hybridized carbons (Fsp3) is 0. The molecule has 0 aliphatic rings. The van der Waals surface area contributed by atoms with Crippen molar-refractivity contribution in [3.8, 4) is 113 Å². The van der Waals surface area contributed by atoms with Crippen molar-refractivity contribution in [3.63, 3.8) is 0 Å². The minimum Gasteiger partial charge on any atom is -0.264 e. The van der Waals surface area contributed by atoms with Crippen molar-refractivity contribution in [1.82, 2.24) is 29.9 Å². The second-order valence-electron chi connectivity index (χ2n) is 15.9. The highest BCUT2D eigenvalue weighted by Gasteiger charge is 2.20. The number of rotatable bonds is 10. The second-order valence-corrected chi connectivity index (χ2v) is 15.9. The predicted octanol–water partition coefficient (Wildman–Crippen LogP) is 14.7. The molecule has 0 spiro atoms. The highest BCUT2D eigenvalue weighted by Crippen LogP contribution is 2.41. The van der Waals surface area contributed by atoms with E-state index in [9.17, 15) is 0 Å². The van der Waals surface area contributed by atoms with E-state index in [2.05, 4.69) is 151 Å². The van der Waals surface area contributed by atoms with Gasteiger partial charge in [0.25, 0.3) is 0 Å². The minimum atomic E-state index is 0.579. The molecule has 0 unspecified atom stereocenters. The van der Waals surface area contributed by atoms with Gasteiger partial charge in [-0.3, -0.25) is 4.98 Å². The molecule has 3 heterocycles. The van der Waals surface area contributed by atoms with Gasteiger partial charge in [0, 0.05) is 51.3 Å². The summed E-state index contributed by atoms with van der Waals surface area (Å²) in [6.45, 7) is 0. The predicted molar refractivity (Wildman–Crippen MR) is 268 cm³/mol. The molecule has 0 fully saturated rings. The zero-order valence-corrected chi connectivity index (χ0v) is 35.8. The molecule has 11 aromatic rings. The molecule has 0 amide bonds. The Kier molecular flexibility index (Phi) is 10.9. The summed E-state index contributed by atoms with van der Waals surface area (Å²) in [4.78, 5) is 30.4. The van der Waals surface area contributed by atoms with E-state index in [1.54, 1.807) is 6.20 Å². The molecule has 0 aliphatic heterocycles. The van der Waals surface area contributed by atoms with Crippen LogP contribution in [-0.4, -0.2) is 29.9 Å². The highest BCUT2D eigenvalue weighted by atomic mass is 15.0. The van der Waals surface area contributed by atoms with Gasteiger partial charge in [-0.2, -0.15) is 0 Å². The van der Waals surface area contributed by atoms with Gasteiger partial charge in [0.05, 0.1) is 11.4 Å². The van der Waals surface area contributed by atoms with Gasteiger partial charge in [0.1, 0.15) is 0 Å². The Morgan fingerprint density at radius 2 is 0.652 bits per heavy atom. The van der Waals surface area contributed by atoms with Crippen molar-refractivity contribution >= 4 is 0 Å². The molecule has 0 bridgehead atoms. The molecule has 310 valence electrons. The molecule has 3 aromatic heterocycles. The van der Waals surface area contributed by atoms with E-state index < -0.39 is 0 Å². The number of pyridine rings is 1. The lowest BCUT2D eigenvalue weighted by Gasteiger charge is -2.17. The van der Waals surface area contributed by atoms with Crippen LogP contribution in [0.15, 0.2) is 243 Å². The van der Waals surface area contributed by atoms with Crippen LogP contribution in [0.2, 0.25) is 0 Å². The number of hydrogen-bond acceptors (Lipinski definition) is 6. The van der Waals surface area contributed by atoms with Gasteiger partial charge in [0.2, 0.25) is 0 Å². The zero-order chi connectivity index (χ0) is 44.1. The van der Waals surface area contributed by atoms with E-state index in [1.165, 1.54) is 0 Å². The number of nitrogens with zero attached hydrogens (tertiary/aromatic N) is 6. The lowest BCUT2D eigenvalue weighted by atomic mass is 9.88. The summed E-state index contributed by atoms with van der Waals surface area (Å²) < 4.78 is 0. The van der Waals surface area contributed by atoms with Crippen LogP contribution in [0.5, 0.6) is 0 Å². The summed E-state index contributed by atoms with van der Waals surface area (Å²) in [5, 5.41) is 0. The van der Waals surface area contributed by atoms with Crippen molar-refractivity contribution < 1.29 is 0 Å². The summed E-state index contributed by atoms with van der Waals surface area (Å²) in [7, 11) is 0. The van der Waals surface area contributed by atoms with Crippen molar-refractivity contribution in [2.45, 2.75) is 0 Å². The fourth-order valence-electron chi connectivity index (χ4n) is 8.37. The van der Waals surface area contributed by atoms with Crippen LogP contribution in [0.25, 0.3) is 113 Å². The van der Waals surface area contributed by atoms with Gasteiger partial charge in [-0.15, -0.1) is 0 Å². The first kappa shape index (κ1) is 39.8. The monoisotopic (exact) mass is 844 g/mol. The molecule has 0 radical (unpaired) electrons. The van der Waals surface area contributed by atoms with Crippen molar-refractivity contribution in [2.24, 2.45) is 0 Å². The summed E-state index contributed by atoms with van der Waals surface area (Å²) in [6, 6.07) is 79.1. The SMILES string of the molecule is c1ccc(-c2cccc(-c3nc(-c4ccccc4)nc(-c4ccccc4-c4ccc(-c5cccnc5)cc4-c4cccc(-c5nc(-c6ccccc6)cc(-c6ccccc6)n5)c4)n3)c2)cc1. The quantitative estimate of drug-likeness (QED) is 0.136. The molecular weight excluding hydrogens is 805 g/mol. The minimum absolute atomic E-state index is 0.579. The summed E-state index contributed by atoms with van der Waals surface area (Å²) >= 11 is 0. The van der Waals surface area contributed by atoms with Crippen LogP contribution in [0.1, 0.15) is 0 Å². The maximum atomic E-state index is 5.26. The second kappa shape index (κ2) is 18.0. The highest BCUT2D eigenvalue weighted by molar-refractivity contribution is 5.93. The lowest BCUT2D eigenvalue weighted by molar-refractivity contribution is 1.07. The largest absolute Gasteiger partial charge is 0.264 e. The summed E-state index contributed by atoms with van der Waals surface area (Å²) in [5.74, 6) is 2.42. The third kappa shape index (κ3) is 8.30. The molecule has 0 atom stereocenters. The molecule has 8 aromatic carbocycles. The van der Waals surface area contributed by atoms with Gasteiger partial charge in [0.15, 0.2) is 23.3 Å². The third-order valence-corrected chi connectivity index (χ3v) is 11.7.